The second-order valence-electron chi connectivity index (χ2n) is 5.15. The van der Waals surface area contributed by atoms with Crippen molar-refractivity contribution in [2.75, 3.05) is 0 Å². The molecular formula is C12H20N2O3S. The molecule has 0 spiro atoms. The fraction of sp³-hybridized carbons (Fsp3) is 0.500. The summed E-state index contributed by atoms with van der Waals surface area (Å²) in [5.74, 6) is 0. The van der Waals surface area contributed by atoms with Crippen LogP contribution in [0.5, 0.6) is 0 Å². The van der Waals surface area contributed by atoms with Crippen molar-refractivity contribution >= 4 is 10.2 Å². The predicted octanol–water partition coefficient (Wildman–Crippen LogP) is 0.901. The average Bonchev–Trinajstić information content (AvgIpc) is 2.24. The minimum absolute atomic E-state index is 0.0163. The molecule has 0 saturated heterocycles. The van der Waals surface area contributed by atoms with Gasteiger partial charge in [-0.3, -0.25) is 0 Å². The first kappa shape index (κ1) is 15.1. The molecule has 3 N–H and O–H groups in total. The van der Waals surface area contributed by atoms with Crippen molar-refractivity contribution in [1.29, 1.82) is 0 Å². The summed E-state index contributed by atoms with van der Waals surface area (Å²) in [5.41, 5.74) is 1.13. The number of aliphatic hydroxyl groups is 1. The smallest absolute Gasteiger partial charge is 0.277 e. The first-order valence-electron chi connectivity index (χ1n) is 5.69. The molecule has 0 saturated carbocycles. The molecule has 0 fully saturated rings. The third-order valence-electron chi connectivity index (χ3n) is 2.11. The summed E-state index contributed by atoms with van der Waals surface area (Å²) < 4.78 is 28.3. The van der Waals surface area contributed by atoms with Crippen LogP contribution in [0.2, 0.25) is 0 Å². The van der Waals surface area contributed by atoms with Crippen LogP contribution >= 0.6 is 0 Å². The van der Waals surface area contributed by atoms with E-state index in [1.807, 2.05) is 0 Å². The molecule has 18 heavy (non-hydrogen) atoms. The molecule has 1 aromatic rings. The van der Waals surface area contributed by atoms with E-state index in [4.69, 9.17) is 5.11 Å². The van der Waals surface area contributed by atoms with E-state index in [1.165, 1.54) is 0 Å². The third kappa shape index (κ3) is 5.59. The van der Waals surface area contributed by atoms with E-state index in [0.29, 0.717) is 0 Å². The first-order valence-corrected chi connectivity index (χ1v) is 7.17. The molecule has 6 heteroatoms. The Kier molecular flexibility index (Phi) is 4.86. The van der Waals surface area contributed by atoms with Crippen molar-refractivity contribution in [1.82, 2.24) is 9.44 Å². The van der Waals surface area contributed by atoms with E-state index < -0.39 is 15.7 Å². The van der Waals surface area contributed by atoms with Crippen LogP contribution in [0.3, 0.4) is 0 Å². The van der Waals surface area contributed by atoms with Crippen LogP contribution in [0.4, 0.5) is 0 Å². The zero-order chi connectivity index (χ0) is 13.8. The Hall–Kier alpha value is -0.950. The minimum atomic E-state index is -3.50. The highest BCUT2D eigenvalue weighted by atomic mass is 32.2. The quantitative estimate of drug-likeness (QED) is 0.745. The van der Waals surface area contributed by atoms with Gasteiger partial charge in [-0.2, -0.15) is 17.9 Å². The summed E-state index contributed by atoms with van der Waals surface area (Å²) in [7, 11) is -3.50. The Labute approximate surface area is 108 Å². The maximum absolute atomic E-state index is 11.7. The van der Waals surface area contributed by atoms with E-state index in [9.17, 15) is 8.42 Å². The number of aliphatic hydroxyl groups excluding tert-OH is 1. The van der Waals surface area contributed by atoms with Crippen LogP contribution in [-0.2, 0) is 23.4 Å². The summed E-state index contributed by atoms with van der Waals surface area (Å²) >= 11 is 0. The average molecular weight is 272 g/mol. The molecule has 0 atom stereocenters. The Morgan fingerprint density at radius 2 is 1.61 bits per heavy atom. The zero-order valence-electron chi connectivity index (χ0n) is 10.9. The molecule has 0 aromatic heterocycles. The molecule has 0 radical (unpaired) electrons. The molecule has 0 unspecified atom stereocenters. The Balaban J connectivity index is 2.59. The van der Waals surface area contributed by atoms with E-state index in [-0.39, 0.29) is 13.2 Å². The lowest BCUT2D eigenvalue weighted by atomic mass is 10.1. The molecule has 5 nitrogen and oxygen atoms in total. The molecule has 102 valence electrons. The van der Waals surface area contributed by atoms with Crippen molar-refractivity contribution in [3.05, 3.63) is 35.4 Å². The fourth-order valence-corrected chi connectivity index (χ4v) is 2.62. The van der Waals surface area contributed by atoms with Crippen LogP contribution in [0.15, 0.2) is 24.3 Å². The van der Waals surface area contributed by atoms with Crippen LogP contribution in [0, 0.1) is 0 Å². The van der Waals surface area contributed by atoms with Crippen molar-refractivity contribution in [3.63, 3.8) is 0 Å². The molecule has 1 aromatic carbocycles. The Bertz CT molecular complexity index is 475. The SMILES string of the molecule is CC(C)(C)NS(=O)(=O)NCc1ccc(CO)cc1. The number of nitrogens with one attached hydrogen (secondary N) is 2. The maximum atomic E-state index is 11.7. The van der Waals surface area contributed by atoms with E-state index in [0.717, 1.165) is 11.1 Å². The highest BCUT2D eigenvalue weighted by Gasteiger charge is 2.18. The lowest BCUT2D eigenvalue weighted by molar-refractivity contribution is 0.282. The van der Waals surface area contributed by atoms with Crippen LogP contribution in [0.1, 0.15) is 31.9 Å². The van der Waals surface area contributed by atoms with Gasteiger partial charge in [0.15, 0.2) is 0 Å². The lowest BCUT2D eigenvalue weighted by Crippen LogP contribution is -2.46. The van der Waals surface area contributed by atoms with Crippen molar-refractivity contribution < 1.29 is 13.5 Å². The molecular weight excluding hydrogens is 252 g/mol. The van der Waals surface area contributed by atoms with E-state index in [2.05, 4.69) is 9.44 Å². The maximum Gasteiger partial charge on any atom is 0.277 e. The second kappa shape index (κ2) is 5.79. The fourth-order valence-electron chi connectivity index (χ4n) is 1.38. The first-order chi connectivity index (χ1) is 8.22. The van der Waals surface area contributed by atoms with Gasteiger partial charge in [0, 0.05) is 12.1 Å². The largest absolute Gasteiger partial charge is 0.392 e. The van der Waals surface area contributed by atoms with Crippen LogP contribution in [0.25, 0.3) is 0 Å². The zero-order valence-corrected chi connectivity index (χ0v) is 11.7. The molecule has 1 rings (SSSR count). The minimum Gasteiger partial charge on any atom is -0.392 e. The number of hydrogen-bond acceptors (Lipinski definition) is 3. The Morgan fingerprint density at radius 3 is 2.06 bits per heavy atom. The van der Waals surface area contributed by atoms with Crippen molar-refractivity contribution in [2.24, 2.45) is 0 Å². The number of hydrogen-bond donors (Lipinski definition) is 3. The van der Waals surface area contributed by atoms with Gasteiger partial charge in [0.1, 0.15) is 0 Å². The van der Waals surface area contributed by atoms with Crippen LogP contribution < -0.4 is 9.44 Å². The molecule has 0 heterocycles. The van der Waals surface area contributed by atoms with Gasteiger partial charge in [0.2, 0.25) is 0 Å². The number of rotatable bonds is 5. The highest BCUT2D eigenvalue weighted by molar-refractivity contribution is 7.87. The van der Waals surface area contributed by atoms with Gasteiger partial charge in [-0.25, -0.2) is 0 Å². The van der Waals surface area contributed by atoms with Crippen LogP contribution in [-0.4, -0.2) is 19.1 Å². The van der Waals surface area contributed by atoms with Gasteiger partial charge < -0.3 is 5.11 Å². The lowest BCUT2D eigenvalue weighted by Gasteiger charge is -2.20. The normalized spacial score (nSPS) is 12.7. The molecule has 0 aliphatic heterocycles. The van der Waals surface area contributed by atoms with Gasteiger partial charge in [0.05, 0.1) is 6.61 Å². The van der Waals surface area contributed by atoms with Gasteiger partial charge in [0.25, 0.3) is 10.2 Å². The standard InChI is InChI=1S/C12H20N2O3S/c1-12(2,3)14-18(16,17)13-8-10-4-6-11(9-15)7-5-10/h4-7,13-15H,8-9H2,1-3H3. The topological polar surface area (TPSA) is 78.4 Å². The Morgan fingerprint density at radius 1 is 1.11 bits per heavy atom. The molecule has 0 aliphatic rings. The second-order valence-corrected chi connectivity index (χ2v) is 6.65. The van der Waals surface area contributed by atoms with Crippen molar-refractivity contribution in [3.8, 4) is 0 Å². The third-order valence-corrected chi connectivity index (χ3v) is 3.52. The summed E-state index contributed by atoms with van der Waals surface area (Å²) in [4.78, 5) is 0. The molecule has 0 amide bonds. The monoisotopic (exact) mass is 272 g/mol. The van der Waals surface area contributed by atoms with E-state index >= 15 is 0 Å². The summed E-state index contributed by atoms with van der Waals surface area (Å²) in [6.07, 6.45) is 0. The molecule has 0 bridgehead atoms. The predicted molar refractivity (Wildman–Crippen MR) is 71.0 cm³/mol. The summed E-state index contributed by atoms with van der Waals surface area (Å²) in [6, 6.07) is 7.10. The van der Waals surface area contributed by atoms with Gasteiger partial charge >= 0.3 is 0 Å². The van der Waals surface area contributed by atoms with E-state index in [1.54, 1.807) is 45.0 Å². The summed E-state index contributed by atoms with van der Waals surface area (Å²) in [6.45, 7) is 5.54. The van der Waals surface area contributed by atoms with Gasteiger partial charge in [-0.15, -0.1) is 0 Å². The summed E-state index contributed by atoms with van der Waals surface area (Å²) in [5, 5.41) is 8.89. The van der Waals surface area contributed by atoms with Gasteiger partial charge in [-0.1, -0.05) is 24.3 Å². The number of benzene rings is 1. The molecule has 0 aliphatic carbocycles. The van der Waals surface area contributed by atoms with Crippen molar-refractivity contribution in [2.45, 2.75) is 39.5 Å². The highest BCUT2D eigenvalue weighted by Crippen LogP contribution is 2.05. The van der Waals surface area contributed by atoms with Gasteiger partial charge in [-0.05, 0) is 31.9 Å².